The monoisotopic (exact) mass is 596 g/mol. The molecule has 214 valence electrons. The number of hydrogen-bond donors (Lipinski definition) is 0. The third kappa shape index (κ3) is 4.44. The van der Waals surface area contributed by atoms with Gasteiger partial charge in [-0.3, -0.25) is 0 Å². The summed E-state index contributed by atoms with van der Waals surface area (Å²) >= 11 is 0. The van der Waals surface area contributed by atoms with E-state index in [0.29, 0.717) is 0 Å². The van der Waals surface area contributed by atoms with Crippen LogP contribution in [0.15, 0.2) is 176 Å². The first-order valence-electron chi connectivity index (χ1n) is 15.1. The number of aromatic nitrogens is 2. The van der Waals surface area contributed by atoms with Crippen molar-refractivity contribution in [3.05, 3.63) is 176 Å². The van der Waals surface area contributed by atoms with Crippen LogP contribution in [0.4, 0.5) is 0 Å². The fourth-order valence-electron chi connectivity index (χ4n) is 6.50. The molecule has 0 fully saturated rings. The molecule has 7 aromatic carbocycles. The van der Waals surface area contributed by atoms with Crippen molar-refractivity contribution in [2.75, 3.05) is 0 Å². The van der Waals surface area contributed by atoms with Gasteiger partial charge < -0.3 is 4.57 Å². The van der Waals surface area contributed by atoms with Crippen LogP contribution in [-0.4, -0.2) is 9.78 Å². The predicted octanol–water partition coefficient (Wildman–Crippen LogP) is 9.15. The van der Waals surface area contributed by atoms with Crippen LogP contribution in [0.5, 0.6) is 0 Å². The fraction of sp³-hybridized carbons (Fsp3) is 0. The van der Waals surface area contributed by atoms with Crippen molar-refractivity contribution in [2.24, 2.45) is 0 Å². The second-order valence-corrected chi connectivity index (χ2v) is 13.8. The molecule has 0 saturated carbocycles. The highest BCUT2D eigenvalue weighted by Crippen LogP contribution is 2.51. The van der Waals surface area contributed by atoms with E-state index in [2.05, 4.69) is 71.4 Å². The summed E-state index contributed by atoms with van der Waals surface area (Å²) in [6.45, 7) is 0. The summed E-state index contributed by atoms with van der Waals surface area (Å²) in [6.07, 6.45) is 0. The van der Waals surface area contributed by atoms with E-state index in [0.717, 1.165) is 65.7 Å². The first-order chi connectivity index (χ1) is 22.2. The minimum Gasteiger partial charge on any atom is -0.309 e. The standard InChI is InChI=1S/C41H29N2OP/c44-45(33-24-12-4-13-25-33,34-26-14-5-15-27-34)41-36-29-17-16-28-35(36)40-38(37(41)30-18-6-1-7-19-30)39(31-20-8-2-9-21-31)42-43(40)32-22-10-3-11-23-32/h1-29H. The maximum absolute atomic E-state index is 16.4. The number of para-hydroxylation sites is 1. The summed E-state index contributed by atoms with van der Waals surface area (Å²) in [4.78, 5) is 0. The minimum atomic E-state index is -3.44. The highest BCUT2D eigenvalue weighted by Gasteiger charge is 2.37. The molecule has 0 unspecified atom stereocenters. The number of hydrogen-bond acceptors (Lipinski definition) is 2. The molecular weight excluding hydrogens is 567 g/mol. The van der Waals surface area contributed by atoms with Gasteiger partial charge in [0, 0.05) is 37.8 Å². The van der Waals surface area contributed by atoms with Crippen LogP contribution < -0.4 is 15.9 Å². The molecule has 0 amide bonds. The molecule has 0 aliphatic carbocycles. The first-order valence-corrected chi connectivity index (χ1v) is 16.8. The van der Waals surface area contributed by atoms with E-state index in [1.165, 1.54) is 0 Å². The molecule has 0 spiro atoms. The Morgan fingerprint density at radius 3 is 1.47 bits per heavy atom. The molecule has 8 aromatic rings. The molecule has 0 saturated heterocycles. The van der Waals surface area contributed by atoms with E-state index in [-0.39, 0.29) is 0 Å². The molecule has 45 heavy (non-hydrogen) atoms. The van der Waals surface area contributed by atoms with Crippen LogP contribution in [0, 0.1) is 0 Å². The Balaban J connectivity index is 1.67. The predicted molar refractivity (Wildman–Crippen MR) is 189 cm³/mol. The van der Waals surface area contributed by atoms with Crippen LogP contribution >= 0.6 is 7.14 Å². The number of rotatable bonds is 6. The van der Waals surface area contributed by atoms with Crippen molar-refractivity contribution in [2.45, 2.75) is 0 Å². The Hall–Kier alpha value is -5.50. The zero-order valence-electron chi connectivity index (χ0n) is 24.5. The molecule has 1 heterocycles. The van der Waals surface area contributed by atoms with Gasteiger partial charge in [0.2, 0.25) is 0 Å². The third-order valence-corrected chi connectivity index (χ3v) is 11.6. The molecule has 1 aromatic heterocycles. The number of nitrogens with zero attached hydrogens (tertiary/aromatic N) is 2. The van der Waals surface area contributed by atoms with E-state index in [9.17, 15) is 0 Å². The minimum absolute atomic E-state index is 0.801. The van der Waals surface area contributed by atoms with Crippen LogP contribution in [0.25, 0.3) is 49.7 Å². The van der Waals surface area contributed by atoms with Crippen LogP contribution in [0.2, 0.25) is 0 Å². The Morgan fingerprint density at radius 2 is 0.911 bits per heavy atom. The van der Waals surface area contributed by atoms with Gasteiger partial charge in [0.25, 0.3) is 0 Å². The molecular formula is C41H29N2OP. The average Bonchev–Trinajstić information content (AvgIpc) is 3.53. The Kier molecular flexibility index (Phi) is 6.74. The lowest BCUT2D eigenvalue weighted by Gasteiger charge is -2.26. The second-order valence-electron chi connectivity index (χ2n) is 11.1. The zero-order chi connectivity index (χ0) is 30.2. The van der Waals surface area contributed by atoms with Gasteiger partial charge in [0.1, 0.15) is 5.69 Å². The fourth-order valence-corrected chi connectivity index (χ4v) is 9.59. The summed E-state index contributed by atoms with van der Waals surface area (Å²) < 4.78 is 18.4. The topological polar surface area (TPSA) is 34.9 Å². The van der Waals surface area contributed by atoms with Gasteiger partial charge in [-0.15, -0.1) is 0 Å². The van der Waals surface area contributed by atoms with Gasteiger partial charge >= 0.3 is 0 Å². The highest BCUT2D eigenvalue weighted by molar-refractivity contribution is 7.86. The van der Waals surface area contributed by atoms with Crippen molar-refractivity contribution in [1.82, 2.24) is 9.78 Å². The average molecular weight is 597 g/mol. The zero-order valence-corrected chi connectivity index (χ0v) is 25.4. The maximum Gasteiger partial charge on any atom is 0.172 e. The first kappa shape index (κ1) is 27.1. The third-order valence-electron chi connectivity index (χ3n) is 8.47. The normalized spacial score (nSPS) is 11.6. The van der Waals surface area contributed by atoms with E-state index in [1.54, 1.807) is 0 Å². The summed E-state index contributed by atoms with van der Waals surface area (Å²) in [5, 5.41) is 10.7. The van der Waals surface area contributed by atoms with Gasteiger partial charge in [0.15, 0.2) is 7.14 Å². The van der Waals surface area contributed by atoms with E-state index in [4.69, 9.17) is 5.10 Å². The summed E-state index contributed by atoms with van der Waals surface area (Å²) in [5.41, 5.74) is 5.76. The molecule has 0 radical (unpaired) electrons. The maximum atomic E-state index is 16.4. The molecule has 0 aliphatic heterocycles. The second kappa shape index (κ2) is 11.2. The van der Waals surface area contributed by atoms with Gasteiger partial charge in [0.05, 0.1) is 11.2 Å². The molecule has 3 nitrogen and oxygen atoms in total. The van der Waals surface area contributed by atoms with Gasteiger partial charge in [-0.1, -0.05) is 164 Å². The van der Waals surface area contributed by atoms with Gasteiger partial charge in [-0.25, -0.2) is 4.68 Å². The Bertz CT molecular complexity index is 2270. The van der Waals surface area contributed by atoms with Crippen molar-refractivity contribution in [3.8, 4) is 28.1 Å². The summed E-state index contributed by atoms with van der Waals surface area (Å²) in [6, 6.07) is 59.3. The molecule has 4 heteroatoms. The lowest BCUT2D eigenvalue weighted by Crippen LogP contribution is -2.27. The lowest BCUT2D eigenvalue weighted by molar-refractivity contribution is 0.592. The van der Waals surface area contributed by atoms with Crippen molar-refractivity contribution < 1.29 is 4.57 Å². The van der Waals surface area contributed by atoms with Gasteiger partial charge in [-0.05, 0) is 23.1 Å². The highest BCUT2D eigenvalue weighted by atomic mass is 31.2. The smallest absolute Gasteiger partial charge is 0.172 e. The van der Waals surface area contributed by atoms with E-state index < -0.39 is 7.14 Å². The Labute approximate surface area is 262 Å². The molecule has 0 aliphatic rings. The van der Waals surface area contributed by atoms with E-state index in [1.807, 2.05) is 109 Å². The number of fused-ring (bicyclic) bond motifs is 3. The largest absolute Gasteiger partial charge is 0.309 e. The molecule has 0 atom stereocenters. The molecule has 0 bridgehead atoms. The van der Waals surface area contributed by atoms with Crippen molar-refractivity contribution in [1.29, 1.82) is 0 Å². The van der Waals surface area contributed by atoms with Crippen LogP contribution in [0.3, 0.4) is 0 Å². The van der Waals surface area contributed by atoms with E-state index >= 15 is 4.57 Å². The van der Waals surface area contributed by atoms with Gasteiger partial charge in [-0.2, -0.15) is 5.10 Å². The number of benzene rings is 7. The van der Waals surface area contributed by atoms with Crippen molar-refractivity contribution in [3.63, 3.8) is 0 Å². The van der Waals surface area contributed by atoms with Crippen LogP contribution in [0.1, 0.15) is 0 Å². The molecule has 8 rings (SSSR count). The molecule has 0 N–H and O–H groups in total. The quantitative estimate of drug-likeness (QED) is 0.180. The summed E-state index contributed by atoms with van der Waals surface area (Å²) in [7, 11) is -3.44. The van der Waals surface area contributed by atoms with Crippen molar-refractivity contribution >= 4 is 44.7 Å². The lowest BCUT2D eigenvalue weighted by atomic mass is 9.93. The Morgan fingerprint density at radius 1 is 0.467 bits per heavy atom. The summed E-state index contributed by atoms with van der Waals surface area (Å²) in [5.74, 6) is 0. The SMILES string of the molecule is O=P(c1ccccc1)(c1ccccc1)c1c(-c2ccccc2)c2c(-c3ccccc3)nn(-c3ccccc3)c2c2ccccc12. The van der Waals surface area contributed by atoms with Crippen LogP contribution in [-0.2, 0) is 4.57 Å².